The molecule has 0 aromatic heterocycles. The minimum atomic E-state index is -4.64. The Hall–Kier alpha value is -1.85. The van der Waals surface area contributed by atoms with Gasteiger partial charge in [-0.1, -0.05) is 24.8 Å². The van der Waals surface area contributed by atoms with Gasteiger partial charge < -0.3 is 5.32 Å². The van der Waals surface area contributed by atoms with Crippen molar-refractivity contribution in [2.75, 3.05) is 0 Å². The van der Waals surface area contributed by atoms with E-state index in [2.05, 4.69) is 11.9 Å². The summed E-state index contributed by atoms with van der Waals surface area (Å²) in [5, 5.41) is 2.51. The number of carbonyl (C=O) groups excluding carboxylic acids is 2. The van der Waals surface area contributed by atoms with Gasteiger partial charge in [0.2, 0.25) is 12.2 Å². The van der Waals surface area contributed by atoms with Crippen LogP contribution in [-0.2, 0) is 9.59 Å². The maximum atomic E-state index is 10.8. The molecule has 6 heteroatoms. The molecular formula is C11H14F3NO2. The number of allylic oxidation sites excluding steroid dienone is 4. The number of ketones is 1. The van der Waals surface area contributed by atoms with Crippen LogP contribution in [0.15, 0.2) is 36.6 Å². The maximum absolute atomic E-state index is 10.8. The number of halogens is 3. The van der Waals surface area contributed by atoms with Crippen molar-refractivity contribution in [2.24, 2.45) is 0 Å². The predicted octanol–water partition coefficient (Wildman–Crippen LogP) is 2.52. The minimum absolute atomic E-state index is 0.486. The van der Waals surface area contributed by atoms with E-state index in [4.69, 9.17) is 0 Å². The molecule has 0 heterocycles. The Morgan fingerprint density at radius 1 is 1.35 bits per heavy atom. The summed E-state index contributed by atoms with van der Waals surface area (Å²) in [4.78, 5) is 19.3. The molecule has 0 saturated carbocycles. The van der Waals surface area contributed by atoms with Gasteiger partial charge in [-0.25, -0.2) is 0 Å². The van der Waals surface area contributed by atoms with Crippen molar-refractivity contribution in [3.05, 3.63) is 36.6 Å². The van der Waals surface area contributed by atoms with Gasteiger partial charge in [-0.2, -0.15) is 13.2 Å². The van der Waals surface area contributed by atoms with Gasteiger partial charge in [0.25, 0.3) is 0 Å². The zero-order valence-electron chi connectivity index (χ0n) is 9.54. The van der Waals surface area contributed by atoms with Crippen LogP contribution in [0, 0.1) is 0 Å². The van der Waals surface area contributed by atoms with E-state index in [9.17, 15) is 22.8 Å². The van der Waals surface area contributed by atoms with Crippen molar-refractivity contribution in [3.8, 4) is 0 Å². The average Bonchev–Trinajstić information content (AvgIpc) is 2.23. The van der Waals surface area contributed by atoms with Crippen molar-refractivity contribution in [1.82, 2.24) is 5.32 Å². The second-order valence-corrected chi connectivity index (χ2v) is 2.65. The molecule has 0 radical (unpaired) electrons. The van der Waals surface area contributed by atoms with Crippen LogP contribution >= 0.6 is 0 Å². The van der Waals surface area contributed by atoms with E-state index >= 15 is 0 Å². The molecule has 0 rings (SSSR count). The molecule has 0 spiro atoms. The van der Waals surface area contributed by atoms with Crippen LogP contribution in [0.25, 0.3) is 0 Å². The maximum Gasteiger partial charge on any atom is 0.449 e. The average molecular weight is 249 g/mol. The Balaban J connectivity index is 0. The second-order valence-electron chi connectivity index (χ2n) is 2.65. The van der Waals surface area contributed by atoms with Gasteiger partial charge in [-0.3, -0.25) is 9.59 Å². The Labute approximate surface area is 97.7 Å². The summed E-state index contributed by atoms with van der Waals surface area (Å²) in [6.07, 6.45) is 2.97. The van der Waals surface area contributed by atoms with Gasteiger partial charge in [0, 0.05) is 12.6 Å². The molecule has 0 fully saturated rings. The fraction of sp³-hybridized carbons (Fsp3) is 0.273. The Bertz CT molecular complexity index is 317. The summed E-state index contributed by atoms with van der Waals surface area (Å²) in [6, 6.07) is 0. The quantitative estimate of drug-likeness (QED) is 0.614. The highest BCUT2D eigenvalue weighted by Gasteiger charge is 2.33. The topological polar surface area (TPSA) is 46.2 Å². The summed E-state index contributed by atoms with van der Waals surface area (Å²) in [5.74, 6) is -1.76. The van der Waals surface area contributed by atoms with Crippen molar-refractivity contribution < 1.29 is 22.8 Å². The minimum Gasteiger partial charge on any atom is -0.329 e. The molecule has 96 valence electrons. The van der Waals surface area contributed by atoms with Crippen LogP contribution in [0.4, 0.5) is 13.2 Å². The monoisotopic (exact) mass is 249 g/mol. The Morgan fingerprint density at radius 2 is 1.82 bits per heavy atom. The van der Waals surface area contributed by atoms with E-state index < -0.39 is 12.0 Å². The van der Waals surface area contributed by atoms with Gasteiger partial charge >= 0.3 is 6.18 Å². The highest BCUT2D eigenvalue weighted by molar-refractivity contribution is 5.81. The normalized spacial score (nSPS) is 11.5. The number of rotatable bonds is 4. The zero-order valence-corrected chi connectivity index (χ0v) is 9.54. The van der Waals surface area contributed by atoms with E-state index in [-0.39, 0.29) is 0 Å². The lowest BCUT2D eigenvalue weighted by Crippen LogP contribution is -2.18. The molecule has 0 aliphatic heterocycles. The first-order valence-corrected chi connectivity index (χ1v) is 4.53. The van der Waals surface area contributed by atoms with E-state index in [1.54, 1.807) is 24.3 Å². The Morgan fingerprint density at radius 3 is 2.06 bits per heavy atom. The third kappa shape index (κ3) is 12.1. The fourth-order valence-electron chi connectivity index (χ4n) is 0.467. The summed E-state index contributed by atoms with van der Waals surface area (Å²) in [7, 11) is 0. The second kappa shape index (κ2) is 9.38. The highest BCUT2D eigenvalue weighted by atomic mass is 19.4. The molecule has 1 amide bonds. The predicted molar refractivity (Wildman–Crippen MR) is 59.0 cm³/mol. The van der Waals surface area contributed by atoms with Crippen LogP contribution in [0.5, 0.6) is 0 Å². The first kappa shape index (κ1) is 17.5. The fourth-order valence-corrected chi connectivity index (χ4v) is 0.467. The lowest BCUT2D eigenvalue weighted by atomic mass is 10.3. The van der Waals surface area contributed by atoms with Crippen LogP contribution in [-0.4, -0.2) is 18.4 Å². The molecular weight excluding hydrogens is 235 g/mol. The summed E-state index contributed by atoms with van der Waals surface area (Å²) in [5.41, 5.74) is 0.773. The molecule has 0 aliphatic rings. The van der Waals surface area contributed by atoms with Crippen LogP contribution in [0.3, 0.4) is 0 Å². The van der Waals surface area contributed by atoms with Crippen LogP contribution < -0.4 is 5.32 Å². The van der Waals surface area contributed by atoms with E-state index in [1.165, 1.54) is 0 Å². The largest absolute Gasteiger partial charge is 0.449 e. The van der Waals surface area contributed by atoms with Crippen molar-refractivity contribution >= 4 is 12.2 Å². The first-order chi connectivity index (χ1) is 7.79. The number of nitrogens with one attached hydrogen (secondary N) is 1. The molecule has 0 aromatic rings. The van der Waals surface area contributed by atoms with Crippen molar-refractivity contribution in [3.63, 3.8) is 0 Å². The standard InChI is InChI=1S/C8H11NO.C3H3F3O/c1-3-5-6-8(4-2)9-7-10;1-2(7)3(4,5)6/h3-7H,1H2,2H3,(H,9,10);1H3/b6-5-,8-4+;. The van der Waals surface area contributed by atoms with Gasteiger partial charge in [0.15, 0.2) is 0 Å². The van der Waals surface area contributed by atoms with Crippen molar-refractivity contribution in [2.45, 2.75) is 20.0 Å². The number of alkyl halides is 3. The third-order valence-corrected chi connectivity index (χ3v) is 1.35. The van der Waals surface area contributed by atoms with Gasteiger partial charge in [0.1, 0.15) is 0 Å². The smallest absolute Gasteiger partial charge is 0.329 e. The molecule has 0 atom stereocenters. The van der Waals surface area contributed by atoms with Gasteiger partial charge in [0.05, 0.1) is 0 Å². The third-order valence-electron chi connectivity index (χ3n) is 1.35. The number of Topliss-reactive ketones (excluding diaryl/α,β-unsaturated/α-hetero) is 1. The molecule has 0 aliphatic carbocycles. The summed E-state index contributed by atoms with van der Waals surface area (Å²) >= 11 is 0. The Kier molecular flexibility index (Phi) is 9.68. The molecule has 0 unspecified atom stereocenters. The number of hydrogen-bond donors (Lipinski definition) is 1. The van der Waals surface area contributed by atoms with Gasteiger partial charge in [-0.15, -0.1) is 0 Å². The van der Waals surface area contributed by atoms with Crippen molar-refractivity contribution in [1.29, 1.82) is 0 Å². The summed E-state index contributed by atoms with van der Waals surface area (Å²) < 4.78 is 32.5. The molecule has 17 heavy (non-hydrogen) atoms. The molecule has 0 saturated heterocycles. The lowest BCUT2D eigenvalue weighted by Gasteiger charge is -1.95. The number of hydrogen-bond acceptors (Lipinski definition) is 2. The molecule has 0 aromatic carbocycles. The SMILES string of the molecule is C=C/C=C\C(=C/C)NC=O.CC(=O)C(F)(F)F. The van der Waals surface area contributed by atoms with Gasteiger partial charge in [-0.05, 0) is 13.0 Å². The number of amides is 1. The zero-order chi connectivity index (χ0) is 13.9. The van der Waals surface area contributed by atoms with E-state index in [0.717, 1.165) is 5.70 Å². The molecule has 0 bridgehead atoms. The van der Waals surface area contributed by atoms with E-state index in [0.29, 0.717) is 13.3 Å². The van der Waals surface area contributed by atoms with E-state index in [1.807, 2.05) is 6.92 Å². The molecule has 3 nitrogen and oxygen atoms in total. The first-order valence-electron chi connectivity index (χ1n) is 4.53. The highest BCUT2D eigenvalue weighted by Crippen LogP contribution is 2.14. The number of carbonyl (C=O) groups is 2. The lowest BCUT2D eigenvalue weighted by molar-refractivity contribution is -0.168. The van der Waals surface area contributed by atoms with Crippen LogP contribution in [0.1, 0.15) is 13.8 Å². The molecule has 1 N–H and O–H groups in total. The van der Waals surface area contributed by atoms with Crippen LogP contribution in [0.2, 0.25) is 0 Å². The summed E-state index contributed by atoms with van der Waals surface area (Å²) in [6.45, 7) is 5.83.